The van der Waals surface area contributed by atoms with Gasteiger partial charge in [-0.2, -0.15) is 0 Å². The smallest absolute Gasteiger partial charge is 0.125 e. The quantitative estimate of drug-likeness (QED) is 0.843. The molecule has 0 aromatic heterocycles. The second kappa shape index (κ2) is 4.83. The van der Waals surface area contributed by atoms with Gasteiger partial charge in [0.15, 0.2) is 0 Å². The van der Waals surface area contributed by atoms with Gasteiger partial charge in [0.25, 0.3) is 0 Å². The van der Waals surface area contributed by atoms with E-state index in [1.54, 1.807) is 12.1 Å². The molecule has 1 aromatic carbocycles. The first-order valence-corrected chi connectivity index (χ1v) is 5.88. The molecule has 1 unspecified atom stereocenters. The molecule has 0 radical (unpaired) electrons. The Balaban J connectivity index is 2.17. The molecule has 2 rings (SSSR count). The number of hydrogen-bond donors (Lipinski definition) is 1. The van der Waals surface area contributed by atoms with E-state index < -0.39 is 0 Å². The molecule has 1 aromatic rings. The van der Waals surface area contributed by atoms with Crippen molar-refractivity contribution in [2.75, 3.05) is 25.5 Å². The minimum Gasteiger partial charge on any atom is -0.371 e. The van der Waals surface area contributed by atoms with Gasteiger partial charge in [0.05, 0.1) is 0 Å². The maximum atomic E-state index is 13.2. The number of aryl methyl sites for hydroxylation is 1. The first kappa shape index (κ1) is 11.4. The Labute approximate surface area is 96.5 Å². The van der Waals surface area contributed by atoms with Gasteiger partial charge in [-0.1, -0.05) is 6.07 Å². The van der Waals surface area contributed by atoms with Crippen molar-refractivity contribution in [3.63, 3.8) is 0 Å². The zero-order valence-corrected chi connectivity index (χ0v) is 9.96. The maximum absolute atomic E-state index is 13.2. The van der Waals surface area contributed by atoms with Crippen molar-refractivity contribution in [3.8, 4) is 0 Å². The average Bonchev–Trinajstić information content (AvgIpc) is 2.29. The molecule has 0 saturated heterocycles. The summed E-state index contributed by atoms with van der Waals surface area (Å²) in [6.07, 6.45) is 3.34. The van der Waals surface area contributed by atoms with Gasteiger partial charge in [-0.15, -0.1) is 0 Å². The predicted octanol–water partition coefficient (Wildman–Crippen LogP) is 2.19. The second-order valence-corrected chi connectivity index (χ2v) is 4.47. The Morgan fingerprint density at radius 1 is 1.50 bits per heavy atom. The summed E-state index contributed by atoms with van der Waals surface area (Å²) in [7, 11) is 4.04. The van der Waals surface area contributed by atoms with Gasteiger partial charge in [0, 0.05) is 18.8 Å². The summed E-state index contributed by atoms with van der Waals surface area (Å²) in [4.78, 5) is 2.22. The Morgan fingerprint density at radius 2 is 2.31 bits per heavy atom. The molecule has 0 spiro atoms. The van der Waals surface area contributed by atoms with E-state index in [2.05, 4.69) is 17.3 Å². The number of rotatable bonds is 3. The minimum atomic E-state index is -0.139. The first-order chi connectivity index (χ1) is 7.72. The highest BCUT2D eigenvalue weighted by atomic mass is 19.1. The van der Waals surface area contributed by atoms with Crippen LogP contribution in [0.3, 0.4) is 0 Å². The van der Waals surface area contributed by atoms with Crippen LogP contribution >= 0.6 is 0 Å². The van der Waals surface area contributed by atoms with Gasteiger partial charge in [-0.05, 0) is 50.6 Å². The van der Waals surface area contributed by atoms with Crippen LogP contribution in [-0.2, 0) is 6.42 Å². The van der Waals surface area contributed by atoms with E-state index in [4.69, 9.17) is 0 Å². The monoisotopic (exact) mass is 222 g/mol. The highest BCUT2D eigenvalue weighted by molar-refractivity contribution is 5.56. The molecule has 1 heterocycles. The third-order valence-electron chi connectivity index (χ3n) is 3.45. The van der Waals surface area contributed by atoms with Crippen molar-refractivity contribution >= 4 is 5.69 Å². The number of anilines is 1. The van der Waals surface area contributed by atoms with Crippen molar-refractivity contribution in [3.05, 3.63) is 29.6 Å². The summed E-state index contributed by atoms with van der Waals surface area (Å²) in [5, 5.41) is 3.17. The molecule has 0 saturated carbocycles. The van der Waals surface area contributed by atoms with Crippen LogP contribution in [0, 0.1) is 5.82 Å². The highest BCUT2D eigenvalue weighted by Crippen LogP contribution is 2.31. The van der Waals surface area contributed by atoms with Crippen molar-refractivity contribution in [2.24, 2.45) is 0 Å². The fourth-order valence-electron chi connectivity index (χ4n) is 2.44. The van der Waals surface area contributed by atoms with Gasteiger partial charge < -0.3 is 10.2 Å². The zero-order valence-electron chi connectivity index (χ0n) is 9.96. The summed E-state index contributed by atoms with van der Waals surface area (Å²) < 4.78 is 13.2. The van der Waals surface area contributed by atoms with Crippen molar-refractivity contribution in [2.45, 2.75) is 25.3 Å². The molecule has 1 N–H and O–H groups in total. The van der Waals surface area contributed by atoms with Crippen LogP contribution in [0.15, 0.2) is 18.2 Å². The standard InChI is InChI=1S/C13H19FN2/c1-15-8-7-12-6-4-10-3-5-11(14)9-13(10)16(12)2/h3,5,9,12,15H,4,6-8H2,1-2H3. The summed E-state index contributed by atoms with van der Waals surface area (Å²) in [6.45, 7) is 1.01. The van der Waals surface area contributed by atoms with Crippen LogP contribution in [0.25, 0.3) is 0 Å². The van der Waals surface area contributed by atoms with Crippen molar-refractivity contribution in [1.82, 2.24) is 5.32 Å². The lowest BCUT2D eigenvalue weighted by atomic mass is 9.94. The van der Waals surface area contributed by atoms with Gasteiger partial charge in [0.1, 0.15) is 5.82 Å². The molecule has 0 aliphatic carbocycles. The molecule has 2 nitrogen and oxygen atoms in total. The predicted molar refractivity (Wildman–Crippen MR) is 65.5 cm³/mol. The zero-order chi connectivity index (χ0) is 11.5. The third-order valence-corrected chi connectivity index (χ3v) is 3.45. The molecule has 0 fully saturated rings. The maximum Gasteiger partial charge on any atom is 0.125 e. The van der Waals surface area contributed by atoms with Gasteiger partial charge in [0.2, 0.25) is 0 Å². The lowest BCUT2D eigenvalue weighted by Crippen LogP contribution is -2.38. The molecule has 3 heteroatoms. The van der Waals surface area contributed by atoms with Crippen molar-refractivity contribution < 1.29 is 4.39 Å². The van der Waals surface area contributed by atoms with Crippen LogP contribution in [0.4, 0.5) is 10.1 Å². The van der Waals surface area contributed by atoms with Gasteiger partial charge in [-0.3, -0.25) is 0 Å². The van der Waals surface area contributed by atoms with E-state index in [1.807, 2.05) is 13.1 Å². The van der Waals surface area contributed by atoms with E-state index >= 15 is 0 Å². The van der Waals surface area contributed by atoms with Gasteiger partial charge >= 0.3 is 0 Å². The topological polar surface area (TPSA) is 15.3 Å². The molecular formula is C13H19FN2. The van der Waals surface area contributed by atoms with E-state index in [0.29, 0.717) is 6.04 Å². The molecule has 0 amide bonds. The van der Waals surface area contributed by atoms with Crippen LogP contribution in [0.5, 0.6) is 0 Å². The fraction of sp³-hybridized carbons (Fsp3) is 0.538. The fourth-order valence-corrected chi connectivity index (χ4v) is 2.44. The number of fused-ring (bicyclic) bond motifs is 1. The number of benzene rings is 1. The average molecular weight is 222 g/mol. The van der Waals surface area contributed by atoms with Crippen molar-refractivity contribution in [1.29, 1.82) is 0 Å². The second-order valence-electron chi connectivity index (χ2n) is 4.47. The number of nitrogens with one attached hydrogen (secondary N) is 1. The molecule has 1 aliphatic rings. The Kier molecular flexibility index (Phi) is 3.44. The largest absolute Gasteiger partial charge is 0.371 e. The normalized spacial score (nSPS) is 19.7. The number of halogens is 1. The summed E-state index contributed by atoms with van der Waals surface area (Å²) in [5.41, 5.74) is 2.33. The van der Waals surface area contributed by atoms with Gasteiger partial charge in [-0.25, -0.2) is 4.39 Å². The van der Waals surface area contributed by atoms with Crippen LogP contribution in [-0.4, -0.2) is 26.7 Å². The Hall–Kier alpha value is -1.09. The molecular weight excluding hydrogens is 203 g/mol. The van der Waals surface area contributed by atoms with Crippen LogP contribution in [0.2, 0.25) is 0 Å². The SMILES string of the molecule is CNCCC1CCc2ccc(F)cc2N1C. The number of hydrogen-bond acceptors (Lipinski definition) is 2. The van der Waals surface area contributed by atoms with E-state index in [0.717, 1.165) is 31.5 Å². The molecule has 16 heavy (non-hydrogen) atoms. The molecule has 1 aliphatic heterocycles. The molecule has 1 atom stereocenters. The summed E-state index contributed by atoms with van der Waals surface area (Å²) in [5.74, 6) is -0.139. The lowest BCUT2D eigenvalue weighted by Gasteiger charge is -2.36. The third kappa shape index (κ3) is 2.19. The summed E-state index contributed by atoms with van der Waals surface area (Å²) in [6, 6.07) is 5.65. The van der Waals surface area contributed by atoms with Crippen LogP contribution in [0.1, 0.15) is 18.4 Å². The molecule has 0 bridgehead atoms. The van der Waals surface area contributed by atoms with Crippen LogP contribution < -0.4 is 10.2 Å². The van der Waals surface area contributed by atoms with E-state index in [9.17, 15) is 4.39 Å². The molecule has 88 valence electrons. The summed E-state index contributed by atoms with van der Waals surface area (Å²) >= 11 is 0. The highest BCUT2D eigenvalue weighted by Gasteiger charge is 2.22. The van der Waals surface area contributed by atoms with E-state index in [-0.39, 0.29) is 5.82 Å². The van der Waals surface area contributed by atoms with E-state index in [1.165, 1.54) is 5.56 Å². The number of nitrogens with zero attached hydrogens (tertiary/aromatic N) is 1. The Morgan fingerprint density at radius 3 is 3.06 bits per heavy atom. The minimum absolute atomic E-state index is 0.139. The lowest BCUT2D eigenvalue weighted by molar-refractivity contribution is 0.507. The first-order valence-electron chi connectivity index (χ1n) is 5.88. The Bertz CT molecular complexity index is 365.